The summed E-state index contributed by atoms with van der Waals surface area (Å²) in [5.74, 6) is 0.952. The van der Waals surface area contributed by atoms with E-state index in [4.69, 9.17) is 16.1 Å². The molecule has 1 fully saturated rings. The molecular formula is C18H23ClN4O2. The molecule has 2 amide bonds. The van der Waals surface area contributed by atoms with Crippen LogP contribution in [0.25, 0.3) is 11.4 Å². The van der Waals surface area contributed by atoms with Gasteiger partial charge in [0.05, 0.1) is 0 Å². The molecule has 1 N–H and O–H groups in total. The number of carbonyl (C=O) groups is 1. The van der Waals surface area contributed by atoms with Gasteiger partial charge in [-0.1, -0.05) is 36.0 Å². The van der Waals surface area contributed by atoms with Crippen molar-refractivity contribution < 1.29 is 9.32 Å². The molecule has 0 aliphatic heterocycles. The zero-order chi connectivity index (χ0) is 17.6. The van der Waals surface area contributed by atoms with Gasteiger partial charge in [-0.2, -0.15) is 4.98 Å². The summed E-state index contributed by atoms with van der Waals surface area (Å²) in [5.41, 5.74) is 0.835. The van der Waals surface area contributed by atoms with Crippen molar-refractivity contribution in [3.8, 4) is 11.4 Å². The Morgan fingerprint density at radius 2 is 2.00 bits per heavy atom. The van der Waals surface area contributed by atoms with Crippen molar-refractivity contribution in [3.05, 3.63) is 35.2 Å². The van der Waals surface area contributed by atoms with Gasteiger partial charge in [0, 0.05) is 23.2 Å². The van der Waals surface area contributed by atoms with Crippen LogP contribution in [0.15, 0.2) is 28.8 Å². The third-order valence-corrected chi connectivity index (χ3v) is 4.73. The van der Waals surface area contributed by atoms with Crippen molar-refractivity contribution in [2.75, 3.05) is 6.54 Å². The van der Waals surface area contributed by atoms with Crippen LogP contribution in [0.3, 0.4) is 0 Å². The highest BCUT2D eigenvalue weighted by Gasteiger charge is 2.27. The highest BCUT2D eigenvalue weighted by molar-refractivity contribution is 6.30. The number of amides is 2. The smallest absolute Gasteiger partial charge is 0.318 e. The number of halogens is 1. The largest absolute Gasteiger partial charge is 0.338 e. The Hall–Kier alpha value is -2.08. The van der Waals surface area contributed by atoms with Gasteiger partial charge in [0.15, 0.2) is 0 Å². The van der Waals surface area contributed by atoms with Crippen molar-refractivity contribution in [2.45, 2.75) is 51.6 Å². The molecule has 0 saturated heterocycles. The molecule has 0 spiro atoms. The van der Waals surface area contributed by atoms with Crippen LogP contribution in [0.2, 0.25) is 5.02 Å². The van der Waals surface area contributed by atoms with Crippen molar-refractivity contribution in [1.29, 1.82) is 0 Å². The first-order valence-electron chi connectivity index (χ1n) is 8.80. The number of hydrogen-bond donors (Lipinski definition) is 1. The van der Waals surface area contributed by atoms with Crippen LogP contribution in [-0.2, 0) is 6.54 Å². The molecule has 1 saturated carbocycles. The molecule has 0 radical (unpaired) electrons. The molecule has 25 heavy (non-hydrogen) atoms. The second-order valence-electron chi connectivity index (χ2n) is 6.27. The van der Waals surface area contributed by atoms with E-state index >= 15 is 0 Å². The second-order valence-corrected chi connectivity index (χ2v) is 6.71. The van der Waals surface area contributed by atoms with Crippen LogP contribution < -0.4 is 5.32 Å². The topological polar surface area (TPSA) is 71.3 Å². The van der Waals surface area contributed by atoms with E-state index in [2.05, 4.69) is 15.5 Å². The lowest BCUT2D eigenvalue weighted by atomic mass is 9.94. The Bertz CT molecular complexity index is 695. The molecule has 0 bridgehead atoms. The number of nitrogens with one attached hydrogen (secondary N) is 1. The Morgan fingerprint density at radius 1 is 1.28 bits per heavy atom. The lowest BCUT2D eigenvalue weighted by Gasteiger charge is -2.33. The summed E-state index contributed by atoms with van der Waals surface area (Å²) in [6.07, 6.45) is 5.59. The van der Waals surface area contributed by atoms with E-state index in [1.54, 1.807) is 12.1 Å². The van der Waals surface area contributed by atoms with E-state index in [0.29, 0.717) is 29.8 Å². The van der Waals surface area contributed by atoms with Gasteiger partial charge in [0.2, 0.25) is 11.7 Å². The average molecular weight is 363 g/mol. The zero-order valence-electron chi connectivity index (χ0n) is 14.4. The Morgan fingerprint density at radius 3 is 2.68 bits per heavy atom. The molecule has 1 aromatic carbocycles. The van der Waals surface area contributed by atoms with Crippen molar-refractivity contribution in [2.24, 2.45) is 0 Å². The van der Waals surface area contributed by atoms with Crippen LogP contribution in [0, 0.1) is 0 Å². The quantitative estimate of drug-likeness (QED) is 0.862. The summed E-state index contributed by atoms with van der Waals surface area (Å²) in [5, 5.41) is 7.58. The predicted octanol–water partition coefficient (Wildman–Crippen LogP) is 4.25. The SMILES string of the molecule is CCNC(=O)N(Cc1nc(-c2ccc(Cl)cc2)no1)C1CCCCC1. The van der Waals surface area contributed by atoms with Crippen LogP contribution in [0.4, 0.5) is 4.79 Å². The fourth-order valence-electron chi connectivity index (χ4n) is 3.19. The molecule has 0 unspecified atom stereocenters. The Labute approximate surface area is 152 Å². The Balaban J connectivity index is 1.74. The number of aromatic nitrogens is 2. The number of nitrogens with zero attached hydrogens (tertiary/aromatic N) is 3. The van der Waals surface area contributed by atoms with Gasteiger partial charge in [-0.05, 0) is 44.0 Å². The predicted molar refractivity (Wildman–Crippen MR) is 96.2 cm³/mol. The van der Waals surface area contributed by atoms with Gasteiger partial charge < -0.3 is 14.7 Å². The Kier molecular flexibility index (Phi) is 5.91. The normalized spacial score (nSPS) is 15.1. The average Bonchev–Trinajstić information content (AvgIpc) is 3.10. The monoisotopic (exact) mass is 362 g/mol. The molecule has 1 aromatic heterocycles. The number of urea groups is 1. The molecule has 134 valence electrons. The molecule has 7 heteroatoms. The highest BCUT2D eigenvalue weighted by Crippen LogP contribution is 2.25. The molecule has 1 aliphatic carbocycles. The fourth-order valence-corrected chi connectivity index (χ4v) is 3.32. The number of benzene rings is 1. The lowest BCUT2D eigenvalue weighted by Crippen LogP contribution is -2.46. The number of hydrogen-bond acceptors (Lipinski definition) is 4. The van der Waals surface area contributed by atoms with Gasteiger partial charge in [-0.25, -0.2) is 4.79 Å². The van der Waals surface area contributed by atoms with E-state index in [9.17, 15) is 4.79 Å². The van der Waals surface area contributed by atoms with E-state index in [-0.39, 0.29) is 12.1 Å². The molecule has 6 nitrogen and oxygen atoms in total. The molecule has 1 heterocycles. The summed E-state index contributed by atoms with van der Waals surface area (Å²) in [4.78, 5) is 18.8. The molecule has 0 atom stereocenters. The number of rotatable bonds is 5. The first-order chi connectivity index (χ1) is 12.2. The molecule has 2 aromatic rings. The first-order valence-corrected chi connectivity index (χ1v) is 9.18. The minimum atomic E-state index is -0.0688. The van der Waals surface area contributed by atoms with Crippen LogP contribution >= 0.6 is 11.6 Å². The summed E-state index contributed by atoms with van der Waals surface area (Å²) in [7, 11) is 0. The fraction of sp³-hybridized carbons (Fsp3) is 0.500. The third kappa shape index (κ3) is 4.51. The van der Waals surface area contributed by atoms with Crippen molar-refractivity contribution in [3.63, 3.8) is 0 Å². The summed E-state index contributed by atoms with van der Waals surface area (Å²) >= 11 is 5.91. The lowest BCUT2D eigenvalue weighted by molar-refractivity contribution is 0.141. The van der Waals surface area contributed by atoms with Crippen LogP contribution in [0.1, 0.15) is 44.9 Å². The summed E-state index contributed by atoms with van der Waals surface area (Å²) in [6, 6.07) is 7.43. The first kappa shape index (κ1) is 17.7. The maximum Gasteiger partial charge on any atom is 0.318 e. The maximum absolute atomic E-state index is 12.5. The third-order valence-electron chi connectivity index (χ3n) is 4.48. The highest BCUT2D eigenvalue weighted by atomic mass is 35.5. The second kappa shape index (κ2) is 8.34. The molecule has 3 rings (SSSR count). The van der Waals surface area contributed by atoms with Gasteiger partial charge >= 0.3 is 6.03 Å². The van der Waals surface area contributed by atoms with Crippen LogP contribution in [-0.4, -0.2) is 33.7 Å². The summed E-state index contributed by atoms with van der Waals surface area (Å²) in [6.45, 7) is 2.85. The molecule has 1 aliphatic rings. The van der Waals surface area contributed by atoms with Crippen molar-refractivity contribution >= 4 is 17.6 Å². The van der Waals surface area contributed by atoms with Gasteiger partial charge in [0.25, 0.3) is 0 Å². The zero-order valence-corrected chi connectivity index (χ0v) is 15.1. The number of carbonyl (C=O) groups excluding carboxylic acids is 1. The minimum absolute atomic E-state index is 0.0688. The maximum atomic E-state index is 12.5. The van der Waals surface area contributed by atoms with Gasteiger partial charge in [-0.3, -0.25) is 0 Å². The van der Waals surface area contributed by atoms with Crippen molar-refractivity contribution in [1.82, 2.24) is 20.4 Å². The minimum Gasteiger partial charge on any atom is -0.338 e. The van der Waals surface area contributed by atoms with E-state index in [0.717, 1.165) is 31.2 Å². The standard InChI is InChI=1S/C18H23ClN4O2/c1-2-20-18(24)23(15-6-4-3-5-7-15)12-16-21-17(22-25-16)13-8-10-14(19)11-9-13/h8-11,15H,2-7,12H2,1H3,(H,20,24). The van der Waals surface area contributed by atoms with E-state index in [1.165, 1.54) is 6.42 Å². The van der Waals surface area contributed by atoms with Crippen LogP contribution in [0.5, 0.6) is 0 Å². The van der Waals surface area contributed by atoms with Gasteiger partial charge in [0.1, 0.15) is 6.54 Å². The summed E-state index contributed by atoms with van der Waals surface area (Å²) < 4.78 is 5.38. The van der Waals surface area contributed by atoms with E-state index in [1.807, 2.05) is 24.0 Å². The van der Waals surface area contributed by atoms with E-state index < -0.39 is 0 Å². The molecular weight excluding hydrogens is 340 g/mol. The van der Waals surface area contributed by atoms with Gasteiger partial charge in [-0.15, -0.1) is 0 Å².